The van der Waals surface area contributed by atoms with Crippen LogP contribution in [0.4, 0.5) is 11.4 Å². The molecule has 1 unspecified atom stereocenters. The zero-order chi connectivity index (χ0) is 13.1. The average molecular weight is 252 g/mol. The van der Waals surface area contributed by atoms with Crippen LogP contribution in [0, 0.1) is 5.92 Å². The van der Waals surface area contributed by atoms with E-state index in [0.29, 0.717) is 5.92 Å². The summed E-state index contributed by atoms with van der Waals surface area (Å²) in [5.41, 5.74) is 3.94. The van der Waals surface area contributed by atoms with E-state index in [-0.39, 0.29) is 0 Å². The summed E-state index contributed by atoms with van der Waals surface area (Å²) in [5.74, 6) is 0.649. The minimum absolute atomic E-state index is 0.649. The smallest absolute Gasteiger partial charge is 0.0605 e. The fourth-order valence-electron chi connectivity index (χ4n) is 2.68. The molecule has 0 aromatic heterocycles. The van der Waals surface area contributed by atoms with E-state index in [1.807, 2.05) is 0 Å². The summed E-state index contributed by atoms with van der Waals surface area (Å²) >= 11 is 0. The van der Waals surface area contributed by atoms with Crippen LogP contribution in [0.1, 0.15) is 12.5 Å². The number of para-hydroxylation sites is 2. The number of hydrogen-bond donors (Lipinski definition) is 1. The molecule has 2 heteroatoms. The summed E-state index contributed by atoms with van der Waals surface area (Å²) in [6.07, 6.45) is 0. The third kappa shape index (κ3) is 2.73. The lowest BCUT2D eigenvalue weighted by molar-refractivity contribution is 0.594. The minimum atomic E-state index is 0.649. The molecule has 0 aliphatic carbocycles. The molecule has 0 bridgehead atoms. The molecule has 3 rings (SSSR count). The standard InChI is InChI=1S/C17H20N2/c1-14-11-18-16-9-5-6-10-17(16)19(12-14)13-15-7-3-2-4-8-15/h2-10,14,18H,11-13H2,1H3. The van der Waals surface area contributed by atoms with Gasteiger partial charge >= 0.3 is 0 Å². The van der Waals surface area contributed by atoms with Gasteiger partial charge in [0.05, 0.1) is 11.4 Å². The first kappa shape index (κ1) is 12.1. The second-order valence-corrected chi connectivity index (χ2v) is 5.37. The number of nitrogens with one attached hydrogen (secondary N) is 1. The van der Waals surface area contributed by atoms with Gasteiger partial charge in [-0.05, 0) is 23.6 Å². The van der Waals surface area contributed by atoms with E-state index >= 15 is 0 Å². The topological polar surface area (TPSA) is 15.3 Å². The third-order valence-electron chi connectivity index (χ3n) is 3.63. The largest absolute Gasteiger partial charge is 0.383 e. The van der Waals surface area contributed by atoms with E-state index < -0.39 is 0 Å². The molecular weight excluding hydrogens is 232 g/mol. The van der Waals surface area contributed by atoms with Gasteiger partial charge in [0.2, 0.25) is 0 Å². The van der Waals surface area contributed by atoms with Crippen molar-refractivity contribution in [1.82, 2.24) is 0 Å². The Hall–Kier alpha value is -1.96. The van der Waals surface area contributed by atoms with Crippen LogP contribution in [0.3, 0.4) is 0 Å². The molecule has 0 amide bonds. The monoisotopic (exact) mass is 252 g/mol. The van der Waals surface area contributed by atoms with Crippen molar-refractivity contribution in [3.8, 4) is 0 Å². The van der Waals surface area contributed by atoms with Crippen LogP contribution in [-0.4, -0.2) is 13.1 Å². The SMILES string of the molecule is CC1CNc2ccccc2N(Cc2ccccc2)C1. The Morgan fingerprint density at radius 2 is 1.79 bits per heavy atom. The molecular formula is C17H20N2. The zero-order valence-electron chi connectivity index (χ0n) is 11.3. The first-order valence-corrected chi connectivity index (χ1v) is 6.95. The van der Waals surface area contributed by atoms with Gasteiger partial charge in [0.1, 0.15) is 0 Å². The quantitative estimate of drug-likeness (QED) is 0.875. The molecule has 19 heavy (non-hydrogen) atoms. The highest BCUT2D eigenvalue weighted by Crippen LogP contribution is 2.30. The maximum absolute atomic E-state index is 3.55. The molecule has 2 aromatic carbocycles. The first-order chi connectivity index (χ1) is 9.33. The summed E-state index contributed by atoms with van der Waals surface area (Å²) in [6, 6.07) is 19.3. The number of hydrogen-bond acceptors (Lipinski definition) is 2. The van der Waals surface area contributed by atoms with Gasteiger partial charge in [-0.1, -0.05) is 49.4 Å². The van der Waals surface area contributed by atoms with Gasteiger partial charge in [-0.3, -0.25) is 0 Å². The molecule has 0 saturated heterocycles. The Morgan fingerprint density at radius 3 is 2.63 bits per heavy atom. The summed E-state index contributed by atoms with van der Waals surface area (Å²) < 4.78 is 0. The van der Waals surface area contributed by atoms with Crippen molar-refractivity contribution in [2.45, 2.75) is 13.5 Å². The highest BCUT2D eigenvalue weighted by molar-refractivity contribution is 5.70. The Morgan fingerprint density at radius 1 is 1.05 bits per heavy atom. The van der Waals surface area contributed by atoms with E-state index in [1.165, 1.54) is 16.9 Å². The van der Waals surface area contributed by atoms with Crippen molar-refractivity contribution in [1.29, 1.82) is 0 Å². The zero-order valence-corrected chi connectivity index (χ0v) is 11.3. The lowest BCUT2D eigenvalue weighted by Crippen LogP contribution is -2.27. The Labute approximate surface area is 115 Å². The number of benzene rings is 2. The van der Waals surface area contributed by atoms with Crippen molar-refractivity contribution in [2.24, 2.45) is 5.92 Å². The Bertz CT molecular complexity index is 536. The van der Waals surface area contributed by atoms with Gasteiger partial charge in [0, 0.05) is 19.6 Å². The molecule has 0 saturated carbocycles. The second-order valence-electron chi connectivity index (χ2n) is 5.37. The molecule has 0 fully saturated rings. The van der Waals surface area contributed by atoms with Crippen molar-refractivity contribution in [3.05, 3.63) is 60.2 Å². The molecule has 0 radical (unpaired) electrons. The summed E-state index contributed by atoms with van der Waals surface area (Å²) in [4.78, 5) is 2.48. The normalized spacial score (nSPS) is 18.4. The van der Waals surface area contributed by atoms with E-state index in [0.717, 1.165) is 19.6 Å². The van der Waals surface area contributed by atoms with Gasteiger partial charge < -0.3 is 10.2 Å². The molecule has 2 aromatic rings. The van der Waals surface area contributed by atoms with Crippen LogP contribution in [0.25, 0.3) is 0 Å². The number of anilines is 2. The lowest BCUT2D eigenvalue weighted by atomic mass is 10.1. The fraction of sp³-hybridized carbons (Fsp3) is 0.294. The van der Waals surface area contributed by atoms with Crippen LogP contribution in [-0.2, 0) is 6.54 Å². The number of nitrogens with zero attached hydrogens (tertiary/aromatic N) is 1. The molecule has 1 atom stereocenters. The maximum Gasteiger partial charge on any atom is 0.0605 e. The van der Waals surface area contributed by atoms with Crippen molar-refractivity contribution >= 4 is 11.4 Å². The average Bonchev–Trinajstić information content (AvgIpc) is 2.60. The molecule has 0 spiro atoms. The minimum Gasteiger partial charge on any atom is -0.383 e. The van der Waals surface area contributed by atoms with E-state index in [2.05, 4.69) is 71.7 Å². The van der Waals surface area contributed by atoms with Crippen LogP contribution in [0.15, 0.2) is 54.6 Å². The predicted octanol–water partition coefficient (Wildman–Crippen LogP) is 3.75. The maximum atomic E-state index is 3.55. The lowest BCUT2D eigenvalue weighted by Gasteiger charge is -2.26. The van der Waals surface area contributed by atoms with Gasteiger partial charge in [0.15, 0.2) is 0 Å². The van der Waals surface area contributed by atoms with Crippen molar-refractivity contribution in [3.63, 3.8) is 0 Å². The van der Waals surface area contributed by atoms with Crippen LogP contribution < -0.4 is 10.2 Å². The summed E-state index contributed by atoms with van der Waals surface area (Å²) in [6.45, 7) is 5.42. The van der Waals surface area contributed by atoms with Crippen molar-refractivity contribution < 1.29 is 0 Å². The van der Waals surface area contributed by atoms with Gasteiger partial charge in [0.25, 0.3) is 0 Å². The molecule has 1 N–H and O–H groups in total. The van der Waals surface area contributed by atoms with E-state index in [9.17, 15) is 0 Å². The highest BCUT2D eigenvalue weighted by Gasteiger charge is 2.18. The van der Waals surface area contributed by atoms with E-state index in [1.54, 1.807) is 0 Å². The van der Waals surface area contributed by atoms with Crippen molar-refractivity contribution in [2.75, 3.05) is 23.3 Å². The van der Waals surface area contributed by atoms with Crippen LogP contribution in [0.2, 0.25) is 0 Å². The second kappa shape index (κ2) is 5.35. The number of fused-ring (bicyclic) bond motifs is 1. The van der Waals surface area contributed by atoms with Crippen LogP contribution in [0.5, 0.6) is 0 Å². The summed E-state index contributed by atoms with van der Waals surface area (Å²) in [7, 11) is 0. The van der Waals surface area contributed by atoms with Gasteiger partial charge in [-0.25, -0.2) is 0 Å². The molecule has 98 valence electrons. The Balaban J connectivity index is 1.90. The first-order valence-electron chi connectivity index (χ1n) is 6.95. The van der Waals surface area contributed by atoms with Gasteiger partial charge in [-0.15, -0.1) is 0 Å². The predicted molar refractivity (Wildman–Crippen MR) is 81.6 cm³/mol. The molecule has 1 aliphatic rings. The van der Waals surface area contributed by atoms with Gasteiger partial charge in [-0.2, -0.15) is 0 Å². The molecule has 1 heterocycles. The number of rotatable bonds is 2. The van der Waals surface area contributed by atoms with E-state index in [4.69, 9.17) is 0 Å². The summed E-state index contributed by atoms with van der Waals surface area (Å²) in [5, 5.41) is 3.55. The fourth-order valence-corrected chi connectivity index (χ4v) is 2.68. The van der Waals surface area contributed by atoms with Crippen LogP contribution >= 0.6 is 0 Å². The highest BCUT2D eigenvalue weighted by atomic mass is 15.2. The molecule has 1 aliphatic heterocycles. The third-order valence-corrected chi connectivity index (χ3v) is 3.63. The molecule has 2 nitrogen and oxygen atoms in total. The Kier molecular flexibility index (Phi) is 3.41.